The van der Waals surface area contributed by atoms with Crippen molar-refractivity contribution in [2.75, 3.05) is 0 Å². The molecule has 0 aliphatic heterocycles. The maximum Gasteiger partial charge on any atom is 0.326 e. The van der Waals surface area contributed by atoms with Gasteiger partial charge in [0.1, 0.15) is 6.04 Å². The van der Waals surface area contributed by atoms with Gasteiger partial charge in [-0.2, -0.15) is 0 Å². The van der Waals surface area contributed by atoms with Gasteiger partial charge in [-0.3, -0.25) is 9.59 Å². The Hall–Kier alpha value is -1.59. The van der Waals surface area contributed by atoms with Crippen molar-refractivity contribution in [3.8, 4) is 0 Å². The number of carbonyl (C=O) groups excluding carboxylic acids is 1. The van der Waals surface area contributed by atoms with E-state index in [-0.39, 0.29) is 31.1 Å². The quantitative estimate of drug-likeness (QED) is 0.590. The third-order valence-electron chi connectivity index (χ3n) is 1.87. The van der Waals surface area contributed by atoms with Crippen LogP contribution in [0, 0.1) is 5.92 Å². The zero-order valence-corrected chi connectivity index (χ0v) is 9.40. The molecule has 0 aromatic heterocycles. The number of carbonyl (C=O) groups is 3. The minimum Gasteiger partial charge on any atom is -0.481 e. The van der Waals surface area contributed by atoms with E-state index in [1.165, 1.54) is 0 Å². The van der Waals surface area contributed by atoms with E-state index in [1.54, 1.807) is 0 Å². The van der Waals surface area contributed by atoms with E-state index in [1.807, 2.05) is 13.8 Å². The second-order valence-electron chi connectivity index (χ2n) is 3.99. The molecule has 0 bridgehead atoms. The molecule has 0 aliphatic carbocycles. The lowest BCUT2D eigenvalue weighted by Gasteiger charge is -2.14. The van der Waals surface area contributed by atoms with Crippen LogP contribution in [0.15, 0.2) is 0 Å². The Morgan fingerprint density at radius 1 is 1.19 bits per heavy atom. The van der Waals surface area contributed by atoms with E-state index < -0.39 is 18.0 Å². The Kier molecular flexibility index (Phi) is 6.14. The van der Waals surface area contributed by atoms with Crippen molar-refractivity contribution in [1.82, 2.24) is 5.32 Å². The summed E-state index contributed by atoms with van der Waals surface area (Å²) in [6, 6.07) is -1.12. The number of nitrogens with one attached hydrogen (secondary N) is 1. The van der Waals surface area contributed by atoms with Gasteiger partial charge in [-0.05, 0) is 12.3 Å². The highest BCUT2D eigenvalue weighted by atomic mass is 16.4. The van der Waals surface area contributed by atoms with Gasteiger partial charge < -0.3 is 15.5 Å². The van der Waals surface area contributed by atoms with Gasteiger partial charge in [0.15, 0.2) is 0 Å². The number of amides is 1. The molecule has 0 aliphatic rings. The monoisotopic (exact) mass is 231 g/mol. The van der Waals surface area contributed by atoms with Gasteiger partial charge in [0.25, 0.3) is 0 Å². The molecule has 0 fully saturated rings. The lowest BCUT2D eigenvalue weighted by molar-refractivity contribution is -0.143. The van der Waals surface area contributed by atoms with E-state index in [9.17, 15) is 14.4 Å². The number of carboxylic acids is 2. The van der Waals surface area contributed by atoms with Gasteiger partial charge in [0, 0.05) is 12.8 Å². The van der Waals surface area contributed by atoms with Crippen molar-refractivity contribution in [3.63, 3.8) is 0 Å². The van der Waals surface area contributed by atoms with E-state index in [2.05, 4.69) is 5.32 Å². The van der Waals surface area contributed by atoms with Gasteiger partial charge in [-0.25, -0.2) is 4.79 Å². The van der Waals surface area contributed by atoms with Crippen LogP contribution in [-0.4, -0.2) is 34.1 Å². The summed E-state index contributed by atoms with van der Waals surface area (Å²) in [5.41, 5.74) is 0. The van der Waals surface area contributed by atoms with Crippen LogP contribution >= 0.6 is 0 Å². The molecule has 3 N–H and O–H groups in total. The molecule has 0 rings (SSSR count). The highest BCUT2D eigenvalue weighted by Crippen LogP contribution is 2.02. The maximum absolute atomic E-state index is 11.3. The van der Waals surface area contributed by atoms with Crippen LogP contribution in [0.2, 0.25) is 0 Å². The predicted octanol–water partition coefficient (Wildman–Crippen LogP) is 0.467. The second-order valence-corrected chi connectivity index (χ2v) is 3.99. The lowest BCUT2D eigenvalue weighted by Crippen LogP contribution is -2.41. The average Bonchev–Trinajstić information content (AvgIpc) is 2.09. The molecule has 1 amide bonds. The Bertz CT molecular complexity index is 274. The summed E-state index contributed by atoms with van der Waals surface area (Å²) in [7, 11) is 0. The molecule has 0 spiro atoms. The van der Waals surface area contributed by atoms with E-state index in [4.69, 9.17) is 10.2 Å². The van der Waals surface area contributed by atoms with Gasteiger partial charge >= 0.3 is 11.9 Å². The maximum atomic E-state index is 11.3. The first-order chi connectivity index (χ1) is 7.32. The summed E-state index contributed by atoms with van der Waals surface area (Å²) in [5.74, 6) is -2.52. The van der Waals surface area contributed by atoms with Crippen molar-refractivity contribution in [2.45, 2.75) is 39.2 Å². The normalized spacial score (nSPS) is 12.2. The predicted molar refractivity (Wildman–Crippen MR) is 55.9 cm³/mol. The Balaban J connectivity index is 4.17. The Morgan fingerprint density at radius 3 is 2.12 bits per heavy atom. The van der Waals surface area contributed by atoms with Crippen LogP contribution in [-0.2, 0) is 14.4 Å². The summed E-state index contributed by atoms with van der Waals surface area (Å²) in [4.78, 5) is 32.3. The largest absolute Gasteiger partial charge is 0.481 e. The van der Waals surface area contributed by atoms with E-state index in [0.717, 1.165) is 0 Å². The summed E-state index contributed by atoms with van der Waals surface area (Å²) >= 11 is 0. The molecular formula is C10H17NO5. The highest BCUT2D eigenvalue weighted by Gasteiger charge is 2.20. The zero-order valence-electron chi connectivity index (χ0n) is 9.40. The molecule has 0 saturated heterocycles. The van der Waals surface area contributed by atoms with Crippen LogP contribution in [0.3, 0.4) is 0 Å². The molecule has 16 heavy (non-hydrogen) atoms. The molecule has 0 radical (unpaired) electrons. The molecule has 0 aromatic rings. The Morgan fingerprint density at radius 2 is 1.75 bits per heavy atom. The van der Waals surface area contributed by atoms with Crippen molar-refractivity contribution in [3.05, 3.63) is 0 Å². The van der Waals surface area contributed by atoms with Gasteiger partial charge in [-0.1, -0.05) is 13.8 Å². The number of carboxylic acid groups (broad SMARTS) is 2. The molecule has 6 heteroatoms. The van der Waals surface area contributed by atoms with Crippen molar-refractivity contribution in [1.29, 1.82) is 0 Å². The fraction of sp³-hybridized carbons (Fsp3) is 0.700. The number of hydrogen-bond acceptors (Lipinski definition) is 3. The average molecular weight is 231 g/mol. The van der Waals surface area contributed by atoms with Crippen molar-refractivity contribution >= 4 is 17.8 Å². The molecule has 1 unspecified atom stereocenters. The molecule has 6 nitrogen and oxygen atoms in total. The third kappa shape index (κ3) is 6.80. The van der Waals surface area contributed by atoms with Crippen LogP contribution in [0.4, 0.5) is 0 Å². The first-order valence-corrected chi connectivity index (χ1v) is 5.07. The molecule has 1 atom stereocenters. The van der Waals surface area contributed by atoms with Gasteiger partial charge in [0.2, 0.25) is 5.91 Å². The molecule has 0 heterocycles. The fourth-order valence-electron chi connectivity index (χ4n) is 1.15. The van der Waals surface area contributed by atoms with Crippen molar-refractivity contribution < 1.29 is 24.6 Å². The third-order valence-corrected chi connectivity index (χ3v) is 1.87. The standard InChI is InChI=1S/C10H17NO5/c1-6(2)5-8(12)11-7(10(15)16)3-4-9(13)14/h6-7H,3-5H2,1-2H3,(H,11,12)(H,13,14)(H,15,16). The molecule has 0 saturated carbocycles. The topological polar surface area (TPSA) is 104 Å². The zero-order chi connectivity index (χ0) is 12.7. The highest BCUT2D eigenvalue weighted by molar-refractivity contribution is 5.84. The molecule has 0 aromatic carbocycles. The second kappa shape index (κ2) is 6.81. The first-order valence-electron chi connectivity index (χ1n) is 5.07. The Labute approximate surface area is 93.6 Å². The lowest BCUT2D eigenvalue weighted by atomic mass is 10.1. The van der Waals surface area contributed by atoms with Crippen LogP contribution < -0.4 is 5.32 Å². The fourth-order valence-corrected chi connectivity index (χ4v) is 1.15. The van der Waals surface area contributed by atoms with Gasteiger partial charge in [-0.15, -0.1) is 0 Å². The SMILES string of the molecule is CC(C)CC(=O)NC(CCC(=O)O)C(=O)O. The van der Waals surface area contributed by atoms with Crippen molar-refractivity contribution in [2.24, 2.45) is 5.92 Å². The number of aliphatic carboxylic acids is 2. The summed E-state index contributed by atoms with van der Waals surface area (Å²) in [6.45, 7) is 3.68. The van der Waals surface area contributed by atoms with E-state index >= 15 is 0 Å². The van der Waals surface area contributed by atoms with Gasteiger partial charge in [0.05, 0.1) is 0 Å². The minimum atomic E-state index is -1.21. The summed E-state index contributed by atoms with van der Waals surface area (Å²) < 4.78 is 0. The van der Waals surface area contributed by atoms with Crippen LogP contribution in [0.1, 0.15) is 33.1 Å². The molecular weight excluding hydrogens is 214 g/mol. The van der Waals surface area contributed by atoms with Crippen LogP contribution in [0.25, 0.3) is 0 Å². The molecule has 92 valence electrons. The number of hydrogen-bond donors (Lipinski definition) is 3. The number of rotatable bonds is 7. The van der Waals surface area contributed by atoms with Crippen LogP contribution in [0.5, 0.6) is 0 Å². The smallest absolute Gasteiger partial charge is 0.326 e. The minimum absolute atomic E-state index is 0.103. The summed E-state index contributed by atoms with van der Waals surface area (Å²) in [5, 5.41) is 19.5. The first kappa shape index (κ1) is 14.4. The van der Waals surface area contributed by atoms with E-state index in [0.29, 0.717) is 0 Å². The summed E-state index contributed by atoms with van der Waals surface area (Å²) in [6.07, 6.45) is -0.149.